The van der Waals surface area contributed by atoms with Crippen LogP contribution in [0.25, 0.3) is 0 Å². The average Bonchev–Trinajstić information content (AvgIpc) is 2.19. The first-order valence-corrected chi connectivity index (χ1v) is 5.16. The summed E-state index contributed by atoms with van der Waals surface area (Å²) in [5.41, 5.74) is 1.86. The maximum absolute atomic E-state index is 10.5. The lowest BCUT2D eigenvalue weighted by molar-refractivity contribution is -0.136. The summed E-state index contributed by atoms with van der Waals surface area (Å²) in [6.07, 6.45) is 0.878. The average molecular weight is 220 g/mol. The fourth-order valence-corrected chi connectivity index (χ4v) is 1.22. The van der Waals surface area contributed by atoms with Crippen LogP contribution in [-0.2, 0) is 11.2 Å². The van der Waals surface area contributed by atoms with E-state index in [0.29, 0.717) is 6.61 Å². The molecule has 3 nitrogen and oxygen atoms in total. The largest absolute Gasteiger partial charge is 0.493 e. The Bertz CT molecular complexity index is 365. The van der Waals surface area contributed by atoms with Crippen LogP contribution >= 0.6 is 0 Å². The summed E-state index contributed by atoms with van der Waals surface area (Å²) in [4.78, 5) is 10.5. The first-order valence-electron chi connectivity index (χ1n) is 5.16. The molecule has 86 valence electrons. The van der Waals surface area contributed by atoms with Gasteiger partial charge in [-0.25, -0.2) is 0 Å². The van der Waals surface area contributed by atoms with E-state index in [-0.39, 0.29) is 6.42 Å². The molecule has 0 aliphatic carbocycles. The highest BCUT2D eigenvalue weighted by atomic mass is 16.5. The van der Waals surface area contributed by atoms with Crippen LogP contribution in [0.1, 0.15) is 18.9 Å². The summed E-state index contributed by atoms with van der Waals surface area (Å²) < 4.78 is 5.47. The van der Waals surface area contributed by atoms with Crippen molar-refractivity contribution in [2.45, 2.75) is 19.8 Å². The van der Waals surface area contributed by atoms with Crippen molar-refractivity contribution in [1.82, 2.24) is 0 Å². The number of carboxylic acids is 1. The summed E-state index contributed by atoms with van der Waals surface area (Å²) in [7, 11) is 0. The number of hydrogen-bond acceptors (Lipinski definition) is 2. The van der Waals surface area contributed by atoms with Crippen molar-refractivity contribution in [3.05, 3.63) is 42.0 Å². The van der Waals surface area contributed by atoms with Crippen molar-refractivity contribution >= 4 is 5.97 Å². The molecule has 0 amide bonds. The number of ether oxygens (including phenoxy) is 1. The van der Waals surface area contributed by atoms with Crippen LogP contribution in [0.5, 0.6) is 5.75 Å². The zero-order chi connectivity index (χ0) is 12.0. The minimum absolute atomic E-state index is 0.0477. The van der Waals surface area contributed by atoms with Gasteiger partial charge < -0.3 is 9.84 Å². The van der Waals surface area contributed by atoms with Gasteiger partial charge in [-0.15, -0.1) is 6.58 Å². The predicted octanol–water partition coefficient (Wildman–Crippen LogP) is 2.66. The molecule has 0 aliphatic rings. The maximum atomic E-state index is 10.5. The lowest BCUT2D eigenvalue weighted by Gasteiger charge is -2.06. The lowest BCUT2D eigenvalue weighted by atomic mass is 10.1. The molecule has 3 heteroatoms. The standard InChI is InChI=1S/C13H16O3/c1-10(2)7-8-16-12-5-3-11(4-6-12)9-13(14)15/h3-6H,1,7-9H2,2H3,(H,14,15). The van der Waals surface area contributed by atoms with Crippen LogP contribution in [0.15, 0.2) is 36.4 Å². The number of benzene rings is 1. The highest BCUT2D eigenvalue weighted by Crippen LogP contribution is 2.13. The summed E-state index contributed by atoms with van der Waals surface area (Å²) in [5, 5.41) is 8.60. The molecule has 1 aromatic rings. The SMILES string of the molecule is C=C(C)CCOc1ccc(CC(=O)O)cc1. The van der Waals surface area contributed by atoms with Gasteiger partial charge in [-0.3, -0.25) is 4.79 Å². The molecule has 0 saturated carbocycles. The van der Waals surface area contributed by atoms with Crippen LogP contribution in [0.3, 0.4) is 0 Å². The number of hydrogen-bond donors (Lipinski definition) is 1. The second-order valence-electron chi connectivity index (χ2n) is 3.77. The van der Waals surface area contributed by atoms with Crippen molar-refractivity contribution in [2.75, 3.05) is 6.61 Å². The zero-order valence-electron chi connectivity index (χ0n) is 9.40. The fourth-order valence-electron chi connectivity index (χ4n) is 1.22. The van der Waals surface area contributed by atoms with E-state index in [1.165, 1.54) is 0 Å². The Hall–Kier alpha value is -1.77. The zero-order valence-corrected chi connectivity index (χ0v) is 9.40. The van der Waals surface area contributed by atoms with Gasteiger partial charge in [-0.1, -0.05) is 17.7 Å². The molecule has 0 heterocycles. The second kappa shape index (κ2) is 5.95. The van der Waals surface area contributed by atoms with Crippen LogP contribution in [0.2, 0.25) is 0 Å². The van der Waals surface area contributed by atoms with Gasteiger partial charge >= 0.3 is 5.97 Å². The molecular weight excluding hydrogens is 204 g/mol. The van der Waals surface area contributed by atoms with Gasteiger partial charge in [0.2, 0.25) is 0 Å². The number of carbonyl (C=O) groups is 1. The van der Waals surface area contributed by atoms with Crippen LogP contribution < -0.4 is 4.74 Å². The van der Waals surface area contributed by atoms with Gasteiger partial charge in [-0.2, -0.15) is 0 Å². The van der Waals surface area contributed by atoms with Crippen LogP contribution in [0, 0.1) is 0 Å². The molecule has 0 unspecified atom stereocenters. The predicted molar refractivity (Wildman–Crippen MR) is 62.7 cm³/mol. The topological polar surface area (TPSA) is 46.5 Å². The quantitative estimate of drug-likeness (QED) is 0.750. The normalized spacial score (nSPS) is 9.81. The Balaban J connectivity index is 2.45. The third kappa shape index (κ3) is 4.64. The van der Waals surface area contributed by atoms with Crippen molar-refractivity contribution in [2.24, 2.45) is 0 Å². The smallest absolute Gasteiger partial charge is 0.307 e. The van der Waals surface area contributed by atoms with Gasteiger partial charge in [0, 0.05) is 6.42 Å². The molecule has 16 heavy (non-hydrogen) atoms. The maximum Gasteiger partial charge on any atom is 0.307 e. The van der Waals surface area contributed by atoms with Gasteiger partial charge in [0.1, 0.15) is 5.75 Å². The van der Waals surface area contributed by atoms with Gasteiger partial charge in [0.05, 0.1) is 13.0 Å². The summed E-state index contributed by atoms with van der Waals surface area (Å²) in [5.74, 6) is -0.0636. The highest BCUT2D eigenvalue weighted by Gasteiger charge is 2.00. The van der Waals surface area contributed by atoms with Gasteiger partial charge in [0.15, 0.2) is 0 Å². The van der Waals surface area contributed by atoms with Crippen molar-refractivity contribution in [3.8, 4) is 5.75 Å². The van der Waals surface area contributed by atoms with E-state index in [1.807, 2.05) is 6.92 Å². The molecule has 0 bridgehead atoms. The van der Waals surface area contributed by atoms with E-state index in [9.17, 15) is 4.79 Å². The van der Waals surface area contributed by atoms with E-state index in [0.717, 1.165) is 23.3 Å². The molecule has 1 N–H and O–H groups in total. The third-order valence-corrected chi connectivity index (χ3v) is 2.08. The summed E-state index contributed by atoms with van der Waals surface area (Å²) in [6, 6.07) is 7.11. The van der Waals surface area contributed by atoms with Gasteiger partial charge in [0.25, 0.3) is 0 Å². The van der Waals surface area contributed by atoms with Gasteiger partial charge in [-0.05, 0) is 24.6 Å². The summed E-state index contributed by atoms with van der Waals surface area (Å²) >= 11 is 0. The van der Waals surface area contributed by atoms with Crippen LogP contribution in [-0.4, -0.2) is 17.7 Å². The van der Waals surface area contributed by atoms with Crippen LogP contribution in [0.4, 0.5) is 0 Å². The second-order valence-corrected chi connectivity index (χ2v) is 3.77. The Labute approximate surface area is 95.4 Å². The van der Waals surface area contributed by atoms with Crippen molar-refractivity contribution < 1.29 is 14.6 Å². The molecule has 0 fully saturated rings. The molecule has 1 rings (SSSR count). The van der Waals surface area contributed by atoms with E-state index in [4.69, 9.17) is 9.84 Å². The minimum atomic E-state index is -0.823. The van der Waals surface area contributed by atoms with Crippen molar-refractivity contribution in [3.63, 3.8) is 0 Å². The van der Waals surface area contributed by atoms with Crippen molar-refractivity contribution in [1.29, 1.82) is 0 Å². The molecule has 0 saturated heterocycles. The lowest BCUT2D eigenvalue weighted by Crippen LogP contribution is -2.00. The molecule has 0 radical (unpaired) electrons. The first-order chi connectivity index (χ1) is 7.58. The fraction of sp³-hybridized carbons (Fsp3) is 0.308. The molecule has 1 aromatic carbocycles. The number of rotatable bonds is 6. The third-order valence-electron chi connectivity index (χ3n) is 2.08. The molecule has 0 atom stereocenters. The number of aliphatic carboxylic acids is 1. The molecular formula is C13H16O3. The minimum Gasteiger partial charge on any atom is -0.493 e. The van der Waals surface area contributed by atoms with E-state index < -0.39 is 5.97 Å². The molecule has 0 aromatic heterocycles. The Morgan fingerprint density at radius 2 is 2.00 bits per heavy atom. The highest BCUT2D eigenvalue weighted by molar-refractivity contribution is 5.70. The Morgan fingerprint density at radius 3 is 2.50 bits per heavy atom. The monoisotopic (exact) mass is 220 g/mol. The van der Waals surface area contributed by atoms with E-state index in [2.05, 4.69) is 6.58 Å². The Morgan fingerprint density at radius 1 is 1.38 bits per heavy atom. The molecule has 0 spiro atoms. The number of carboxylic acid groups (broad SMARTS) is 1. The molecule has 0 aliphatic heterocycles. The summed E-state index contributed by atoms with van der Waals surface area (Å²) in [6.45, 7) is 6.35. The first kappa shape index (κ1) is 12.3. The van der Waals surface area contributed by atoms with E-state index >= 15 is 0 Å². The Kier molecular flexibility index (Phi) is 4.58. The van der Waals surface area contributed by atoms with E-state index in [1.54, 1.807) is 24.3 Å².